The Balaban J connectivity index is 1.92. The number of anilines is 1. The van der Waals surface area contributed by atoms with E-state index in [1.807, 2.05) is 19.2 Å². The minimum atomic E-state index is -0.237. The second-order valence-electron chi connectivity index (χ2n) is 4.48. The number of carbonyl (C=O) groups is 1. The zero-order chi connectivity index (χ0) is 13.8. The average molecular weight is 280 g/mol. The van der Waals surface area contributed by atoms with Gasteiger partial charge in [0.1, 0.15) is 10.8 Å². The smallest absolute Gasteiger partial charge is 0.323 e. The molecule has 0 aromatic carbocycles. The van der Waals surface area contributed by atoms with Crippen LogP contribution < -0.4 is 5.32 Å². The largest absolute Gasteiger partial charge is 0.359 e. The highest BCUT2D eigenvalue weighted by molar-refractivity contribution is 7.09. The summed E-state index contributed by atoms with van der Waals surface area (Å²) < 4.78 is 5.12. The Morgan fingerprint density at radius 2 is 2.37 bits per heavy atom. The maximum Gasteiger partial charge on any atom is 0.323 e. The summed E-state index contributed by atoms with van der Waals surface area (Å²) in [5.74, 6) is 1.42. The predicted octanol–water partition coefficient (Wildman–Crippen LogP) is 2.92. The molecule has 2 heterocycles. The molecule has 0 saturated carbocycles. The first-order chi connectivity index (χ1) is 9.06. The minimum Gasteiger partial charge on any atom is -0.359 e. The summed E-state index contributed by atoms with van der Waals surface area (Å²) in [6.45, 7) is 4.47. The number of aromatic nitrogens is 2. The molecule has 102 valence electrons. The first-order valence-corrected chi connectivity index (χ1v) is 6.81. The molecule has 0 radical (unpaired) electrons. The van der Waals surface area contributed by atoms with Gasteiger partial charge in [0.2, 0.25) is 0 Å². The molecule has 2 aromatic heterocycles. The van der Waals surface area contributed by atoms with Crippen LogP contribution in [0.15, 0.2) is 22.2 Å². The van der Waals surface area contributed by atoms with Gasteiger partial charge in [0.15, 0.2) is 5.82 Å². The van der Waals surface area contributed by atoms with E-state index in [9.17, 15) is 4.79 Å². The standard InChI is InChI=1S/C12H16N4O2S/c1-8(2)9-6-10(15-18-9)14-12(17)16(3)7-11-13-4-5-19-11/h4-6,8H,7H2,1-3H3,(H,14,15,17). The van der Waals surface area contributed by atoms with Crippen molar-refractivity contribution in [2.45, 2.75) is 26.3 Å². The van der Waals surface area contributed by atoms with Crippen LogP contribution in [0.4, 0.5) is 10.6 Å². The summed E-state index contributed by atoms with van der Waals surface area (Å²) in [6.07, 6.45) is 1.72. The molecule has 0 unspecified atom stereocenters. The second kappa shape index (κ2) is 5.83. The number of nitrogens with one attached hydrogen (secondary N) is 1. The monoisotopic (exact) mass is 280 g/mol. The van der Waals surface area contributed by atoms with Gasteiger partial charge in [-0.25, -0.2) is 9.78 Å². The summed E-state index contributed by atoms with van der Waals surface area (Å²) in [5, 5.41) is 9.27. The van der Waals surface area contributed by atoms with Crippen LogP contribution in [-0.4, -0.2) is 28.1 Å². The van der Waals surface area contributed by atoms with Crippen LogP contribution in [0.1, 0.15) is 30.5 Å². The molecule has 0 spiro atoms. The van der Waals surface area contributed by atoms with E-state index in [0.717, 1.165) is 10.8 Å². The van der Waals surface area contributed by atoms with Crippen LogP contribution in [0.2, 0.25) is 0 Å². The van der Waals surface area contributed by atoms with Gasteiger partial charge in [-0.1, -0.05) is 19.0 Å². The van der Waals surface area contributed by atoms with Crippen molar-refractivity contribution in [3.05, 3.63) is 28.4 Å². The van der Waals surface area contributed by atoms with Crippen molar-refractivity contribution in [3.8, 4) is 0 Å². The quantitative estimate of drug-likeness (QED) is 0.934. The van der Waals surface area contributed by atoms with Crippen LogP contribution in [0.3, 0.4) is 0 Å². The normalized spacial score (nSPS) is 10.7. The van der Waals surface area contributed by atoms with Crippen molar-refractivity contribution in [2.75, 3.05) is 12.4 Å². The Labute approximate surface area is 115 Å². The number of hydrogen-bond acceptors (Lipinski definition) is 5. The topological polar surface area (TPSA) is 71.3 Å². The molecule has 2 amide bonds. The van der Waals surface area contributed by atoms with Gasteiger partial charge >= 0.3 is 6.03 Å². The molecule has 0 bridgehead atoms. The lowest BCUT2D eigenvalue weighted by Crippen LogP contribution is -2.30. The Hall–Kier alpha value is -1.89. The zero-order valence-corrected chi connectivity index (χ0v) is 11.9. The van der Waals surface area contributed by atoms with E-state index in [1.54, 1.807) is 24.2 Å². The molecule has 0 saturated heterocycles. The summed E-state index contributed by atoms with van der Waals surface area (Å²) >= 11 is 1.52. The number of carbonyl (C=O) groups excluding carboxylic acids is 1. The number of urea groups is 1. The van der Waals surface area contributed by atoms with E-state index < -0.39 is 0 Å². The highest BCUT2D eigenvalue weighted by Crippen LogP contribution is 2.18. The Bertz CT molecular complexity index is 536. The number of amides is 2. The molecule has 19 heavy (non-hydrogen) atoms. The van der Waals surface area contributed by atoms with Gasteiger partial charge in [-0.3, -0.25) is 5.32 Å². The van der Waals surface area contributed by atoms with Gasteiger partial charge in [0, 0.05) is 30.6 Å². The maximum absolute atomic E-state index is 11.9. The molecule has 2 rings (SSSR count). The first kappa shape index (κ1) is 13.5. The lowest BCUT2D eigenvalue weighted by atomic mass is 10.2. The molecular formula is C12H16N4O2S. The molecule has 0 aliphatic rings. The molecule has 2 aromatic rings. The summed E-state index contributed by atoms with van der Waals surface area (Å²) in [5.41, 5.74) is 0. The lowest BCUT2D eigenvalue weighted by molar-refractivity contribution is 0.220. The van der Waals surface area contributed by atoms with Crippen LogP contribution >= 0.6 is 11.3 Å². The SMILES string of the molecule is CC(C)c1cc(NC(=O)N(C)Cc2nccs2)no1. The fourth-order valence-corrected chi connectivity index (χ4v) is 2.10. The van der Waals surface area contributed by atoms with Gasteiger partial charge in [-0.15, -0.1) is 11.3 Å². The van der Waals surface area contributed by atoms with Crippen LogP contribution in [0.25, 0.3) is 0 Å². The van der Waals surface area contributed by atoms with Crippen molar-refractivity contribution >= 4 is 23.2 Å². The van der Waals surface area contributed by atoms with Crippen molar-refractivity contribution in [2.24, 2.45) is 0 Å². The molecule has 1 N–H and O–H groups in total. The molecule has 0 aliphatic carbocycles. The average Bonchev–Trinajstić information content (AvgIpc) is 2.99. The third-order valence-electron chi connectivity index (χ3n) is 2.54. The van der Waals surface area contributed by atoms with Gasteiger partial charge in [0.05, 0.1) is 6.54 Å². The second-order valence-corrected chi connectivity index (χ2v) is 5.46. The maximum atomic E-state index is 11.9. The molecular weight excluding hydrogens is 264 g/mol. The number of thiazole rings is 1. The molecule has 7 heteroatoms. The van der Waals surface area contributed by atoms with Crippen molar-refractivity contribution in [1.29, 1.82) is 0 Å². The highest BCUT2D eigenvalue weighted by atomic mass is 32.1. The Morgan fingerprint density at radius 1 is 1.58 bits per heavy atom. The van der Waals surface area contributed by atoms with Crippen molar-refractivity contribution < 1.29 is 9.32 Å². The number of rotatable bonds is 4. The lowest BCUT2D eigenvalue weighted by Gasteiger charge is -2.15. The third-order valence-corrected chi connectivity index (χ3v) is 3.30. The van der Waals surface area contributed by atoms with Gasteiger partial charge in [-0.2, -0.15) is 0 Å². The van der Waals surface area contributed by atoms with E-state index in [1.165, 1.54) is 11.3 Å². The number of hydrogen-bond donors (Lipinski definition) is 1. The molecule has 0 aliphatic heterocycles. The van der Waals surface area contributed by atoms with Crippen LogP contribution in [0, 0.1) is 0 Å². The van der Waals surface area contributed by atoms with E-state index in [2.05, 4.69) is 15.5 Å². The van der Waals surface area contributed by atoms with E-state index in [-0.39, 0.29) is 11.9 Å². The Morgan fingerprint density at radius 3 is 2.95 bits per heavy atom. The summed E-state index contributed by atoms with van der Waals surface area (Å²) in [6, 6.07) is 1.50. The third kappa shape index (κ3) is 3.54. The minimum absolute atomic E-state index is 0.237. The fourth-order valence-electron chi connectivity index (χ4n) is 1.43. The molecule has 0 atom stereocenters. The van der Waals surface area contributed by atoms with Gasteiger partial charge < -0.3 is 9.42 Å². The fraction of sp³-hybridized carbons (Fsp3) is 0.417. The van der Waals surface area contributed by atoms with E-state index >= 15 is 0 Å². The predicted molar refractivity (Wildman–Crippen MR) is 73.2 cm³/mol. The van der Waals surface area contributed by atoms with Gasteiger partial charge in [0.25, 0.3) is 0 Å². The van der Waals surface area contributed by atoms with Crippen molar-refractivity contribution in [1.82, 2.24) is 15.0 Å². The summed E-state index contributed by atoms with van der Waals surface area (Å²) in [4.78, 5) is 17.6. The number of nitrogens with zero attached hydrogens (tertiary/aromatic N) is 3. The van der Waals surface area contributed by atoms with Crippen LogP contribution in [-0.2, 0) is 6.54 Å². The molecule has 6 nitrogen and oxygen atoms in total. The van der Waals surface area contributed by atoms with E-state index in [0.29, 0.717) is 12.4 Å². The highest BCUT2D eigenvalue weighted by Gasteiger charge is 2.14. The van der Waals surface area contributed by atoms with Crippen molar-refractivity contribution in [3.63, 3.8) is 0 Å². The summed E-state index contributed by atoms with van der Waals surface area (Å²) in [7, 11) is 1.71. The first-order valence-electron chi connectivity index (χ1n) is 5.93. The van der Waals surface area contributed by atoms with Crippen LogP contribution in [0.5, 0.6) is 0 Å². The van der Waals surface area contributed by atoms with E-state index in [4.69, 9.17) is 4.52 Å². The zero-order valence-electron chi connectivity index (χ0n) is 11.1. The Kier molecular flexibility index (Phi) is 4.16. The molecule has 0 fully saturated rings. The van der Waals surface area contributed by atoms with Gasteiger partial charge in [-0.05, 0) is 0 Å².